The molecule has 0 aromatic carbocycles. The van der Waals surface area contributed by atoms with E-state index in [0.717, 1.165) is 0 Å². The monoisotopic (exact) mass is 98.1 g/mol. The minimum Gasteiger partial charge on any atom is -0.397 e. The minimum absolute atomic E-state index is 0. The first-order chi connectivity index (χ1) is 1.41. The van der Waals surface area contributed by atoms with Gasteiger partial charge in [0, 0.05) is 6.61 Å². The summed E-state index contributed by atoms with van der Waals surface area (Å²) >= 11 is 0. The summed E-state index contributed by atoms with van der Waals surface area (Å²) < 4.78 is 0. The Kier molecular flexibility index (Phi) is 126. The number of aliphatic hydroxyl groups is 1. The zero-order valence-electron chi connectivity index (χ0n) is 2.56. The smallest absolute Gasteiger partial charge is 0.0402 e. The van der Waals surface area contributed by atoms with E-state index in [1.54, 1.807) is 6.92 Å². The van der Waals surface area contributed by atoms with Crippen molar-refractivity contribution in [3.8, 4) is 0 Å². The summed E-state index contributed by atoms with van der Waals surface area (Å²) in [4.78, 5) is 0. The lowest BCUT2D eigenvalue weighted by Gasteiger charge is -1.52. The molecule has 0 unspecified atom stereocenters. The fourth-order valence-corrected chi connectivity index (χ4v) is 0. The van der Waals surface area contributed by atoms with Gasteiger partial charge in [0.25, 0.3) is 0 Å². The van der Waals surface area contributed by atoms with Gasteiger partial charge in [-0.3, -0.25) is 4.70 Å². The highest BCUT2D eigenvalue weighted by Crippen LogP contribution is 1.30. The Morgan fingerprint density at radius 3 is 1.60 bits per heavy atom. The van der Waals surface area contributed by atoms with Gasteiger partial charge < -0.3 is 5.11 Å². The van der Waals surface area contributed by atoms with Crippen LogP contribution in [0.4, 0.5) is 4.70 Å². The van der Waals surface area contributed by atoms with Crippen LogP contribution >= 0.6 is 0 Å². The molecule has 0 aliphatic carbocycles. The minimum atomic E-state index is 0. The molecule has 0 aromatic heterocycles. The van der Waals surface area contributed by atoms with Crippen molar-refractivity contribution in [2.75, 3.05) is 6.61 Å². The molecule has 0 rings (SSSR count). The quantitative estimate of drug-likeness (QED) is 0.373. The van der Waals surface area contributed by atoms with Crippen LogP contribution in [0.15, 0.2) is 0 Å². The molecule has 5 heavy (non-hydrogen) atoms. The van der Waals surface area contributed by atoms with Crippen molar-refractivity contribution in [1.82, 2.24) is 0 Å². The van der Waals surface area contributed by atoms with Gasteiger partial charge in [0.1, 0.15) is 0 Å². The van der Waals surface area contributed by atoms with Crippen molar-refractivity contribution < 1.29 is 9.81 Å². The van der Waals surface area contributed by atoms with E-state index in [9.17, 15) is 0 Å². The molecule has 0 fully saturated rings. The van der Waals surface area contributed by atoms with Crippen LogP contribution in [0.2, 0.25) is 0 Å². The van der Waals surface area contributed by atoms with E-state index in [2.05, 4.69) is 0 Å². The molecule has 0 aliphatic heterocycles. The van der Waals surface area contributed by atoms with Gasteiger partial charge in [0.15, 0.2) is 0 Å². The van der Waals surface area contributed by atoms with Gasteiger partial charge in [-0.25, -0.2) is 0 Å². The third-order valence-electron chi connectivity index (χ3n) is 0. The van der Waals surface area contributed by atoms with E-state index >= 15 is 0 Å². The van der Waals surface area contributed by atoms with Gasteiger partial charge in [-0.2, -0.15) is 0 Å². The second-order valence-electron chi connectivity index (χ2n) is 0.316. The fraction of sp³-hybridized carbons (Fsp3) is 1.00. The van der Waals surface area contributed by atoms with Crippen molar-refractivity contribution in [1.29, 1.82) is 0 Å². The molecule has 0 bridgehead atoms. The predicted molar refractivity (Wildman–Crippen MR) is 26.6 cm³/mol. The summed E-state index contributed by atoms with van der Waals surface area (Å²) in [5.41, 5.74) is 0. The maximum atomic E-state index is 7.57. The third kappa shape index (κ3) is 1600. The molecule has 0 spiro atoms. The average Bonchev–Trinajstić information content (AvgIpc) is 0.918. The summed E-state index contributed by atoms with van der Waals surface area (Å²) in [6.07, 6.45) is 0. The predicted octanol–water partition coefficient (Wildman–Crippen LogP) is -1.30. The first-order valence-electron chi connectivity index (χ1n) is 1.02. The molecule has 0 aromatic rings. The second kappa shape index (κ2) is 32.4. The molecule has 1 nitrogen and oxygen atoms in total. The first-order valence-corrected chi connectivity index (χ1v) is 1.02. The van der Waals surface area contributed by atoms with Crippen LogP contribution in [0.5, 0.6) is 0 Å². The van der Waals surface area contributed by atoms with Gasteiger partial charge in [-0.1, -0.05) is 0 Å². The van der Waals surface area contributed by atoms with Crippen molar-refractivity contribution in [3.05, 3.63) is 0 Å². The molecule has 0 heterocycles. The van der Waals surface area contributed by atoms with Crippen molar-refractivity contribution in [2.45, 2.75) is 6.92 Å². The number of rotatable bonds is 0. The molecule has 0 saturated heterocycles. The lowest BCUT2D eigenvalue weighted by molar-refractivity contribution is 0.318. The van der Waals surface area contributed by atoms with E-state index in [4.69, 9.17) is 5.11 Å². The Morgan fingerprint density at radius 2 is 1.60 bits per heavy atom. The molecule has 1 N–H and O–H groups in total. The first kappa shape index (κ1) is 19.4. The van der Waals surface area contributed by atoms with Crippen LogP contribution in [0.1, 0.15) is 6.92 Å². The van der Waals surface area contributed by atoms with Crippen molar-refractivity contribution >= 4 is 11.0 Å². The van der Waals surface area contributed by atoms with E-state index in [1.165, 1.54) is 0 Å². The van der Waals surface area contributed by atoms with Gasteiger partial charge >= 0.3 is 0 Å². The Morgan fingerprint density at radius 1 is 1.60 bits per heavy atom. The van der Waals surface area contributed by atoms with Crippen molar-refractivity contribution in [2.24, 2.45) is 0 Å². The SMILES string of the molecule is CCO.F.[SiH4]. The number of halogens is 1. The van der Waals surface area contributed by atoms with Crippen LogP contribution in [0.3, 0.4) is 0 Å². The Hall–Kier alpha value is 0.107. The Labute approximate surface area is 35.4 Å². The molecule has 3 heteroatoms. The molecule has 36 valence electrons. The van der Waals surface area contributed by atoms with Crippen LogP contribution < -0.4 is 0 Å². The lowest BCUT2D eigenvalue weighted by atomic mass is 10.9. The van der Waals surface area contributed by atoms with Crippen LogP contribution in [-0.2, 0) is 0 Å². The average molecular weight is 98.2 g/mol. The molecule has 0 aliphatic rings. The van der Waals surface area contributed by atoms with E-state index in [0.29, 0.717) is 0 Å². The summed E-state index contributed by atoms with van der Waals surface area (Å²) in [5, 5.41) is 7.57. The number of hydrogen-bond donors (Lipinski definition) is 1. The highest BCUT2D eigenvalue weighted by Gasteiger charge is 1.34. The van der Waals surface area contributed by atoms with E-state index in [-0.39, 0.29) is 22.3 Å². The molecule has 0 atom stereocenters. The van der Waals surface area contributed by atoms with Crippen molar-refractivity contribution in [3.63, 3.8) is 0 Å². The zero-order chi connectivity index (χ0) is 2.71. The van der Waals surface area contributed by atoms with Gasteiger partial charge in [0.05, 0.1) is 0 Å². The standard InChI is InChI=1S/C2H6O.FH.H4Si/c1-2-3;;/h3H,2H2,1H3;1H;1H4. The van der Waals surface area contributed by atoms with Crippen LogP contribution in [0, 0.1) is 0 Å². The number of aliphatic hydroxyl groups excluding tert-OH is 1. The maximum Gasteiger partial charge on any atom is 0.0402 e. The highest BCUT2D eigenvalue weighted by molar-refractivity contribution is 5.75. The summed E-state index contributed by atoms with van der Waals surface area (Å²) in [5.74, 6) is 0. The van der Waals surface area contributed by atoms with Gasteiger partial charge in [0.2, 0.25) is 0 Å². The topological polar surface area (TPSA) is 20.2 Å². The fourth-order valence-electron chi connectivity index (χ4n) is 0. The van der Waals surface area contributed by atoms with Gasteiger partial charge in [-0.15, -0.1) is 0 Å². The van der Waals surface area contributed by atoms with Gasteiger partial charge in [-0.05, 0) is 17.9 Å². The van der Waals surface area contributed by atoms with Crippen LogP contribution in [-0.4, -0.2) is 22.7 Å². The molecular weight excluding hydrogens is 87.1 g/mol. The third-order valence-corrected chi connectivity index (χ3v) is 0. The summed E-state index contributed by atoms with van der Waals surface area (Å²) in [7, 11) is 0. The zero-order valence-corrected chi connectivity index (χ0v) is 2.56. The Balaban J connectivity index is -0.0000000200. The lowest BCUT2D eigenvalue weighted by Crippen LogP contribution is -1.57. The Bertz CT molecular complexity index is 9.61. The largest absolute Gasteiger partial charge is 0.397 e. The molecule has 0 saturated carbocycles. The number of hydrogen-bond acceptors (Lipinski definition) is 1. The summed E-state index contributed by atoms with van der Waals surface area (Å²) in [6.45, 7) is 1.93. The maximum absolute atomic E-state index is 7.57. The molecule has 0 radical (unpaired) electrons. The summed E-state index contributed by atoms with van der Waals surface area (Å²) in [6, 6.07) is 0. The van der Waals surface area contributed by atoms with E-state index < -0.39 is 0 Å². The highest BCUT2D eigenvalue weighted by atomic mass is 28.1. The second-order valence-corrected chi connectivity index (χ2v) is 0.316. The normalized spacial score (nSPS) is 3.60. The van der Waals surface area contributed by atoms with E-state index in [1.807, 2.05) is 0 Å². The molecule has 0 amide bonds. The molecular formula is C2H11FOSi. The van der Waals surface area contributed by atoms with Crippen LogP contribution in [0.25, 0.3) is 0 Å².